The predicted molar refractivity (Wildman–Crippen MR) is 113 cm³/mol. The number of anilines is 1. The number of urea groups is 1. The van der Waals surface area contributed by atoms with Crippen LogP contribution in [0.2, 0.25) is 0 Å². The summed E-state index contributed by atoms with van der Waals surface area (Å²) in [6.07, 6.45) is 0. The number of hydrogen-bond donors (Lipinski definition) is 3. The number of benzene rings is 2. The highest BCUT2D eigenvalue weighted by molar-refractivity contribution is 14.1. The third kappa shape index (κ3) is 4.41. The lowest BCUT2D eigenvalue weighted by Gasteiger charge is -2.29. The molecule has 2 aromatic carbocycles. The molecule has 6 nitrogen and oxygen atoms in total. The van der Waals surface area contributed by atoms with Crippen molar-refractivity contribution >= 4 is 40.2 Å². The van der Waals surface area contributed by atoms with Crippen molar-refractivity contribution in [1.29, 1.82) is 0 Å². The average molecular weight is 477 g/mol. The van der Waals surface area contributed by atoms with Crippen LogP contribution in [0.5, 0.6) is 5.75 Å². The van der Waals surface area contributed by atoms with Crippen LogP contribution in [-0.4, -0.2) is 18.5 Å². The Kier molecular flexibility index (Phi) is 6.00. The Labute approximate surface area is 171 Å². The van der Waals surface area contributed by atoms with Gasteiger partial charge in [0, 0.05) is 20.5 Å². The van der Waals surface area contributed by atoms with Gasteiger partial charge in [-0.15, -0.1) is 0 Å². The van der Waals surface area contributed by atoms with Gasteiger partial charge in [0.1, 0.15) is 5.75 Å². The zero-order valence-corrected chi connectivity index (χ0v) is 17.2. The number of nitrogens with one attached hydrogen (secondary N) is 3. The van der Waals surface area contributed by atoms with Gasteiger partial charge in [0.05, 0.1) is 18.2 Å². The summed E-state index contributed by atoms with van der Waals surface area (Å²) in [5.74, 6) is 0.358. The van der Waals surface area contributed by atoms with E-state index < -0.39 is 6.04 Å². The van der Waals surface area contributed by atoms with Gasteiger partial charge in [-0.3, -0.25) is 4.79 Å². The molecule has 7 heteroatoms. The molecule has 0 fully saturated rings. The summed E-state index contributed by atoms with van der Waals surface area (Å²) in [5.41, 5.74) is 2.38. The SMILES string of the molecule is CCOc1ccccc1[C@H]1NC(=O)NC(C)=C1C(=O)Nc1ccc(I)cc1. The van der Waals surface area contributed by atoms with E-state index in [0.29, 0.717) is 29.3 Å². The van der Waals surface area contributed by atoms with Crippen LogP contribution in [0.1, 0.15) is 25.5 Å². The van der Waals surface area contributed by atoms with E-state index in [1.165, 1.54) is 0 Å². The Morgan fingerprint density at radius 2 is 1.89 bits per heavy atom. The first-order valence-corrected chi connectivity index (χ1v) is 9.64. The van der Waals surface area contributed by atoms with E-state index in [0.717, 1.165) is 9.13 Å². The van der Waals surface area contributed by atoms with Gasteiger partial charge in [-0.2, -0.15) is 0 Å². The molecule has 2 aromatic rings. The molecule has 0 saturated carbocycles. The molecule has 0 spiro atoms. The van der Waals surface area contributed by atoms with E-state index in [4.69, 9.17) is 4.74 Å². The van der Waals surface area contributed by atoms with Crippen LogP contribution < -0.4 is 20.7 Å². The van der Waals surface area contributed by atoms with Crippen LogP contribution in [0.4, 0.5) is 10.5 Å². The first-order chi connectivity index (χ1) is 13.0. The van der Waals surface area contributed by atoms with Gasteiger partial charge in [0.15, 0.2) is 0 Å². The molecular weight excluding hydrogens is 457 g/mol. The predicted octanol–water partition coefficient (Wildman–Crippen LogP) is 3.96. The fourth-order valence-corrected chi connectivity index (χ4v) is 3.33. The molecule has 3 rings (SSSR count). The normalized spacial score (nSPS) is 16.4. The minimum absolute atomic E-state index is 0.280. The molecule has 1 heterocycles. The number of ether oxygens (including phenoxy) is 1. The number of amides is 3. The van der Waals surface area contributed by atoms with Crippen molar-refractivity contribution in [2.45, 2.75) is 19.9 Å². The van der Waals surface area contributed by atoms with Crippen molar-refractivity contribution in [3.8, 4) is 5.75 Å². The van der Waals surface area contributed by atoms with Crippen LogP contribution in [-0.2, 0) is 4.79 Å². The Bertz CT molecular complexity index is 894. The molecule has 140 valence electrons. The van der Waals surface area contributed by atoms with Gasteiger partial charge in [-0.05, 0) is 66.8 Å². The fourth-order valence-electron chi connectivity index (χ4n) is 2.97. The summed E-state index contributed by atoms with van der Waals surface area (Å²) >= 11 is 2.21. The zero-order chi connectivity index (χ0) is 19.4. The Morgan fingerprint density at radius 3 is 2.59 bits per heavy atom. The van der Waals surface area contributed by atoms with E-state index in [2.05, 4.69) is 38.5 Å². The van der Waals surface area contributed by atoms with E-state index in [9.17, 15) is 9.59 Å². The molecule has 1 aliphatic heterocycles. The van der Waals surface area contributed by atoms with Crippen LogP contribution in [0.25, 0.3) is 0 Å². The Balaban J connectivity index is 1.97. The van der Waals surface area contributed by atoms with Crippen molar-refractivity contribution in [3.63, 3.8) is 0 Å². The van der Waals surface area contributed by atoms with Gasteiger partial charge in [-0.25, -0.2) is 4.79 Å². The summed E-state index contributed by atoms with van der Waals surface area (Å²) in [7, 11) is 0. The Hall–Kier alpha value is -2.55. The van der Waals surface area contributed by atoms with Gasteiger partial charge < -0.3 is 20.7 Å². The molecule has 1 aliphatic rings. The molecule has 3 N–H and O–H groups in total. The second-order valence-corrected chi connectivity index (χ2v) is 7.25. The standard InChI is InChI=1S/C20H20IN3O3/c1-3-27-16-7-5-4-6-15(16)18-17(12(2)22-20(26)24-18)19(25)23-14-10-8-13(21)9-11-14/h4-11,18H,3H2,1-2H3,(H,23,25)(H2,22,24,26)/t18-/m1/s1. The van der Waals surface area contributed by atoms with Crippen molar-refractivity contribution < 1.29 is 14.3 Å². The molecule has 0 saturated heterocycles. The number of carbonyl (C=O) groups excluding carboxylic acids is 2. The second kappa shape index (κ2) is 8.43. The average Bonchev–Trinajstić information content (AvgIpc) is 2.63. The Morgan fingerprint density at radius 1 is 1.19 bits per heavy atom. The molecule has 0 aliphatic carbocycles. The number of para-hydroxylation sites is 1. The van der Waals surface area contributed by atoms with Gasteiger partial charge in [0.2, 0.25) is 0 Å². The molecule has 27 heavy (non-hydrogen) atoms. The minimum Gasteiger partial charge on any atom is -0.494 e. The third-order valence-electron chi connectivity index (χ3n) is 4.15. The van der Waals surface area contributed by atoms with E-state index in [1.807, 2.05) is 55.5 Å². The molecule has 0 bridgehead atoms. The lowest BCUT2D eigenvalue weighted by atomic mass is 9.94. The molecule has 1 atom stereocenters. The molecular formula is C20H20IN3O3. The van der Waals surface area contributed by atoms with E-state index in [1.54, 1.807) is 6.92 Å². The van der Waals surface area contributed by atoms with E-state index in [-0.39, 0.29) is 11.9 Å². The first-order valence-electron chi connectivity index (χ1n) is 8.56. The summed E-state index contributed by atoms with van der Waals surface area (Å²) in [5, 5.41) is 8.42. The summed E-state index contributed by atoms with van der Waals surface area (Å²) < 4.78 is 6.77. The largest absolute Gasteiger partial charge is 0.494 e. The van der Waals surface area contributed by atoms with Crippen LogP contribution >= 0.6 is 22.6 Å². The smallest absolute Gasteiger partial charge is 0.319 e. The minimum atomic E-state index is -0.606. The van der Waals surface area contributed by atoms with Gasteiger partial charge in [0.25, 0.3) is 5.91 Å². The van der Waals surface area contributed by atoms with E-state index >= 15 is 0 Å². The van der Waals surface area contributed by atoms with Crippen LogP contribution in [0, 0.1) is 3.57 Å². The topological polar surface area (TPSA) is 79.5 Å². The highest BCUT2D eigenvalue weighted by Crippen LogP contribution is 2.33. The quantitative estimate of drug-likeness (QED) is 0.571. The van der Waals surface area contributed by atoms with Crippen LogP contribution in [0.15, 0.2) is 59.8 Å². The first kappa shape index (κ1) is 19.2. The second-order valence-electron chi connectivity index (χ2n) is 6.00. The maximum absolute atomic E-state index is 13.0. The highest BCUT2D eigenvalue weighted by Gasteiger charge is 2.32. The number of carbonyl (C=O) groups is 2. The highest BCUT2D eigenvalue weighted by atomic mass is 127. The number of hydrogen-bond acceptors (Lipinski definition) is 3. The summed E-state index contributed by atoms with van der Waals surface area (Å²) in [6, 6.07) is 14.0. The number of halogens is 1. The zero-order valence-electron chi connectivity index (χ0n) is 15.0. The van der Waals surface area contributed by atoms with Crippen molar-refractivity contribution in [2.24, 2.45) is 0 Å². The number of allylic oxidation sites excluding steroid dienone is 1. The van der Waals surface area contributed by atoms with Crippen molar-refractivity contribution in [3.05, 3.63) is 68.9 Å². The van der Waals surface area contributed by atoms with Crippen molar-refractivity contribution in [2.75, 3.05) is 11.9 Å². The number of rotatable bonds is 5. The maximum atomic E-state index is 13.0. The van der Waals surface area contributed by atoms with Crippen molar-refractivity contribution in [1.82, 2.24) is 10.6 Å². The maximum Gasteiger partial charge on any atom is 0.319 e. The van der Waals surface area contributed by atoms with Gasteiger partial charge in [-0.1, -0.05) is 18.2 Å². The molecule has 0 unspecified atom stereocenters. The lowest BCUT2D eigenvalue weighted by molar-refractivity contribution is -0.113. The molecule has 0 aromatic heterocycles. The monoisotopic (exact) mass is 477 g/mol. The van der Waals surface area contributed by atoms with Gasteiger partial charge >= 0.3 is 6.03 Å². The fraction of sp³-hybridized carbons (Fsp3) is 0.200. The lowest BCUT2D eigenvalue weighted by Crippen LogP contribution is -2.46. The molecule has 3 amide bonds. The van der Waals surface area contributed by atoms with Crippen LogP contribution in [0.3, 0.4) is 0 Å². The third-order valence-corrected chi connectivity index (χ3v) is 4.86. The molecule has 0 radical (unpaired) electrons. The summed E-state index contributed by atoms with van der Waals surface area (Å²) in [4.78, 5) is 25.1. The summed E-state index contributed by atoms with van der Waals surface area (Å²) in [6.45, 7) is 4.10.